The Morgan fingerprint density at radius 1 is 1.10 bits per heavy atom. The zero-order chi connectivity index (χ0) is 22.8. The van der Waals surface area contributed by atoms with Gasteiger partial charge in [-0.05, 0) is 43.2 Å². The van der Waals surface area contributed by atoms with E-state index in [1.165, 1.54) is 19.2 Å². The largest absolute Gasteiger partial charge is 0.434 e. The van der Waals surface area contributed by atoms with E-state index >= 15 is 0 Å². The van der Waals surface area contributed by atoms with Crippen molar-refractivity contribution in [3.05, 3.63) is 77.1 Å². The van der Waals surface area contributed by atoms with E-state index in [4.69, 9.17) is 0 Å². The summed E-state index contributed by atoms with van der Waals surface area (Å²) >= 11 is 0. The standard InChI is InChI=1S/C22H21F3N4O2/c1-14-9-10-15(2)18(11-14)27-19(30)13-28(3)21(31)17-12-26-29(20(17)22(23,24)25)16-7-5-4-6-8-16/h4-12H,13H2,1-3H3,(H,27,30). The molecule has 3 aromatic rings. The van der Waals surface area contributed by atoms with Crippen LogP contribution in [0.3, 0.4) is 0 Å². The molecular weight excluding hydrogens is 409 g/mol. The van der Waals surface area contributed by atoms with E-state index < -0.39 is 35.8 Å². The van der Waals surface area contributed by atoms with Gasteiger partial charge in [0.25, 0.3) is 5.91 Å². The Morgan fingerprint density at radius 3 is 2.42 bits per heavy atom. The number of hydrogen-bond donors (Lipinski definition) is 1. The second-order valence-electron chi connectivity index (χ2n) is 7.18. The fourth-order valence-electron chi connectivity index (χ4n) is 3.10. The van der Waals surface area contributed by atoms with Crippen LogP contribution >= 0.6 is 0 Å². The minimum Gasteiger partial charge on any atom is -0.332 e. The van der Waals surface area contributed by atoms with E-state index in [1.54, 1.807) is 24.3 Å². The monoisotopic (exact) mass is 430 g/mol. The van der Waals surface area contributed by atoms with Gasteiger partial charge in [-0.1, -0.05) is 30.3 Å². The lowest BCUT2D eigenvalue weighted by molar-refractivity contribution is -0.143. The van der Waals surface area contributed by atoms with Gasteiger partial charge in [-0.15, -0.1) is 0 Å². The Balaban J connectivity index is 1.83. The average Bonchev–Trinajstić information content (AvgIpc) is 3.16. The maximum atomic E-state index is 13.8. The molecule has 162 valence electrons. The summed E-state index contributed by atoms with van der Waals surface area (Å²) in [4.78, 5) is 26.1. The molecule has 0 aliphatic heterocycles. The van der Waals surface area contributed by atoms with Crippen molar-refractivity contribution in [3.8, 4) is 5.69 Å². The predicted molar refractivity (Wildman–Crippen MR) is 110 cm³/mol. The third kappa shape index (κ3) is 4.93. The summed E-state index contributed by atoms with van der Waals surface area (Å²) in [7, 11) is 1.27. The third-order valence-corrected chi connectivity index (χ3v) is 4.66. The molecule has 1 heterocycles. The molecule has 0 bridgehead atoms. The molecule has 31 heavy (non-hydrogen) atoms. The minimum absolute atomic E-state index is 0.171. The molecule has 0 fully saturated rings. The van der Waals surface area contributed by atoms with Crippen molar-refractivity contribution in [2.75, 3.05) is 18.9 Å². The van der Waals surface area contributed by atoms with Crippen LogP contribution in [0.1, 0.15) is 27.2 Å². The molecule has 6 nitrogen and oxygen atoms in total. The van der Waals surface area contributed by atoms with Crippen LogP contribution in [0.15, 0.2) is 54.7 Å². The Hall–Kier alpha value is -3.62. The van der Waals surface area contributed by atoms with Gasteiger partial charge >= 0.3 is 6.18 Å². The quantitative estimate of drug-likeness (QED) is 0.659. The fourth-order valence-corrected chi connectivity index (χ4v) is 3.10. The summed E-state index contributed by atoms with van der Waals surface area (Å²) < 4.78 is 42.0. The van der Waals surface area contributed by atoms with Crippen LogP contribution in [0.2, 0.25) is 0 Å². The van der Waals surface area contributed by atoms with E-state index in [1.807, 2.05) is 26.0 Å². The molecule has 9 heteroatoms. The number of likely N-dealkylation sites (N-methyl/N-ethyl adjacent to an activating group) is 1. The van der Waals surface area contributed by atoms with Gasteiger partial charge in [-0.3, -0.25) is 9.59 Å². The van der Waals surface area contributed by atoms with Crippen molar-refractivity contribution in [2.24, 2.45) is 0 Å². The molecule has 0 aliphatic rings. The second-order valence-corrected chi connectivity index (χ2v) is 7.18. The Bertz CT molecular complexity index is 1110. The molecule has 2 amide bonds. The SMILES string of the molecule is Cc1ccc(C)c(NC(=O)CN(C)C(=O)c2cnn(-c3ccccc3)c2C(F)(F)F)c1. The van der Waals surface area contributed by atoms with E-state index in [0.717, 1.165) is 22.2 Å². The molecular formula is C22H21F3N4O2. The van der Waals surface area contributed by atoms with Crippen molar-refractivity contribution in [3.63, 3.8) is 0 Å². The lowest BCUT2D eigenvalue weighted by Gasteiger charge is -2.19. The van der Waals surface area contributed by atoms with Gasteiger partial charge < -0.3 is 10.2 Å². The number of aromatic nitrogens is 2. The summed E-state index contributed by atoms with van der Waals surface area (Å²) in [5.41, 5.74) is 0.705. The lowest BCUT2D eigenvalue weighted by Crippen LogP contribution is -2.36. The summed E-state index contributed by atoms with van der Waals surface area (Å²) in [5.74, 6) is -1.47. The molecule has 0 atom stereocenters. The number of hydrogen-bond acceptors (Lipinski definition) is 3. The van der Waals surface area contributed by atoms with E-state index in [0.29, 0.717) is 10.4 Å². The van der Waals surface area contributed by atoms with E-state index in [9.17, 15) is 22.8 Å². The lowest BCUT2D eigenvalue weighted by atomic mass is 10.1. The van der Waals surface area contributed by atoms with Gasteiger partial charge in [0.1, 0.15) is 0 Å². The molecule has 0 saturated carbocycles. The number of halogens is 3. The van der Waals surface area contributed by atoms with Crippen LogP contribution in [-0.4, -0.2) is 40.1 Å². The van der Waals surface area contributed by atoms with Crippen LogP contribution in [0.4, 0.5) is 18.9 Å². The zero-order valence-electron chi connectivity index (χ0n) is 17.2. The van der Waals surface area contributed by atoms with Crippen LogP contribution in [0.25, 0.3) is 5.69 Å². The highest BCUT2D eigenvalue weighted by atomic mass is 19.4. The molecule has 0 aliphatic carbocycles. The van der Waals surface area contributed by atoms with Gasteiger partial charge in [0, 0.05) is 12.7 Å². The summed E-state index contributed by atoms with van der Waals surface area (Å²) in [5, 5.41) is 6.46. The Kier molecular flexibility index (Phi) is 6.14. The Morgan fingerprint density at radius 2 is 1.77 bits per heavy atom. The normalized spacial score (nSPS) is 11.3. The first-order valence-electron chi connectivity index (χ1n) is 9.41. The average molecular weight is 430 g/mol. The van der Waals surface area contributed by atoms with Crippen molar-refractivity contribution in [1.29, 1.82) is 0 Å². The third-order valence-electron chi connectivity index (χ3n) is 4.66. The number of para-hydroxylation sites is 1. The number of aryl methyl sites for hydroxylation is 2. The predicted octanol–water partition coefficient (Wildman–Crippen LogP) is 4.22. The highest BCUT2D eigenvalue weighted by molar-refractivity contribution is 6.00. The number of nitrogens with zero attached hydrogens (tertiary/aromatic N) is 3. The number of amides is 2. The number of anilines is 1. The number of alkyl halides is 3. The number of carbonyl (C=O) groups is 2. The van der Waals surface area contributed by atoms with E-state index in [2.05, 4.69) is 10.4 Å². The molecule has 0 unspecified atom stereocenters. The molecule has 3 rings (SSSR count). The van der Waals surface area contributed by atoms with Crippen LogP contribution in [-0.2, 0) is 11.0 Å². The van der Waals surface area contributed by atoms with Crippen molar-refractivity contribution < 1.29 is 22.8 Å². The van der Waals surface area contributed by atoms with Gasteiger partial charge in [-0.2, -0.15) is 18.3 Å². The van der Waals surface area contributed by atoms with Crippen LogP contribution in [0.5, 0.6) is 0 Å². The van der Waals surface area contributed by atoms with Gasteiger partial charge in [0.05, 0.1) is 24.0 Å². The Labute approximate surface area is 177 Å². The highest BCUT2D eigenvalue weighted by Crippen LogP contribution is 2.34. The molecule has 1 aromatic heterocycles. The summed E-state index contributed by atoms with van der Waals surface area (Å²) in [6, 6.07) is 13.2. The first-order chi connectivity index (χ1) is 14.6. The van der Waals surface area contributed by atoms with Crippen molar-refractivity contribution in [2.45, 2.75) is 20.0 Å². The zero-order valence-corrected chi connectivity index (χ0v) is 17.2. The van der Waals surface area contributed by atoms with Crippen LogP contribution < -0.4 is 5.32 Å². The summed E-state index contributed by atoms with van der Waals surface area (Å²) in [6.07, 6.45) is -3.95. The molecule has 0 spiro atoms. The van der Waals surface area contributed by atoms with Gasteiger partial charge in [-0.25, -0.2) is 4.68 Å². The van der Waals surface area contributed by atoms with Crippen molar-refractivity contribution >= 4 is 17.5 Å². The number of nitrogens with one attached hydrogen (secondary N) is 1. The van der Waals surface area contributed by atoms with Gasteiger partial charge in [0.2, 0.25) is 5.91 Å². The number of carbonyl (C=O) groups excluding carboxylic acids is 2. The first kappa shape index (κ1) is 22.1. The maximum Gasteiger partial charge on any atom is 0.434 e. The number of rotatable bonds is 5. The highest BCUT2D eigenvalue weighted by Gasteiger charge is 2.41. The second kappa shape index (κ2) is 8.63. The smallest absolute Gasteiger partial charge is 0.332 e. The topological polar surface area (TPSA) is 67.2 Å². The minimum atomic E-state index is -4.82. The van der Waals surface area contributed by atoms with Crippen LogP contribution in [0, 0.1) is 13.8 Å². The van der Waals surface area contributed by atoms with Gasteiger partial charge in [0.15, 0.2) is 5.69 Å². The number of benzene rings is 2. The molecule has 2 aromatic carbocycles. The summed E-state index contributed by atoms with van der Waals surface area (Å²) in [6.45, 7) is 3.27. The van der Waals surface area contributed by atoms with Crippen molar-refractivity contribution in [1.82, 2.24) is 14.7 Å². The van der Waals surface area contributed by atoms with E-state index in [-0.39, 0.29) is 5.69 Å². The fraction of sp³-hybridized carbons (Fsp3) is 0.227. The molecule has 1 N–H and O–H groups in total. The molecule has 0 radical (unpaired) electrons. The first-order valence-corrected chi connectivity index (χ1v) is 9.41. The maximum absolute atomic E-state index is 13.8. The molecule has 0 saturated heterocycles.